The molecule has 29 heavy (non-hydrogen) atoms. The monoisotopic (exact) mass is 516 g/mol. The molecule has 0 aliphatic carbocycles. The Morgan fingerprint density at radius 1 is 0.862 bits per heavy atom. The minimum atomic E-state index is -1.74. The molecular formula is C18H36Cl4O6Si. The Morgan fingerprint density at radius 2 is 1.41 bits per heavy atom. The minimum Gasteiger partial charge on any atom is -0.380 e. The first-order valence-corrected chi connectivity index (χ1v) is 14.7. The molecule has 0 aliphatic heterocycles. The molecule has 4 unspecified atom stereocenters. The van der Waals surface area contributed by atoms with Crippen molar-refractivity contribution >= 4 is 55.2 Å². The zero-order chi connectivity index (χ0) is 22.3. The van der Waals surface area contributed by atoms with Crippen molar-refractivity contribution < 1.29 is 29.2 Å². The van der Waals surface area contributed by atoms with Gasteiger partial charge in [-0.3, -0.25) is 0 Å². The maximum atomic E-state index is 10.8. The molecule has 0 saturated carbocycles. The second kappa shape index (κ2) is 16.7. The van der Waals surface area contributed by atoms with Gasteiger partial charge in [0.1, 0.15) is 4.68 Å². The lowest BCUT2D eigenvalue weighted by molar-refractivity contribution is -0.231. The molecule has 0 saturated heterocycles. The third-order valence-electron chi connectivity index (χ3n) is 4.62. The molecule has 0 spiro atoms. The summed E-state index contributed by atoms with van der Waals surface area (Å²) in [4.78, 5) is 0. The lowest BCUT2D eigenvalue weighted by Crippen LogP contribution is -2.60. The SMILES string of the molecule is C[SiH](C)C(Cl)(OCCCCOCCCl)C(C)(CC(O)OCCCl)C(O)OCCCl. The van der Waals surface area contributed by atoms with E-state index in [-0.39, 0.29) is 31.4 Å². The van der Waals surface area contributed by atoms with Gasteiger partial charge in [-0.15, -0.1) is 34.8 Å². The summed E-state index contributed by atoms with van der Waals surface area (Å²) in [6.07, 6.45) is -0.924. The summed E-state index contributed by atoms with van der Waals surface area (Å²) in [7, 11) is -1.74. The smallest absolute Gasteiger partial charge is 0.163 e. The van der Waals surface area contributed by atoms with Crippen LogP contribution in [0.25, 0.3) is 0 Å². The van der Waals surface area contributed by atoms with Crippen LogP contribution in [0, 0.1) is 5.41 Å². The molecule has 2 N–H and O–H groups in total. The Morgan fingerprint density at radius 3 is 1.97 bits per heavy atom. The van der Waals surface area contributed by atoms with Crippen LogP contribution < -0.4 is 0 Å². The number of ether oxygens (including phenoxy) is 4. The Kier molecular flexibility index (Phi) is 17.4. The molecule has 0 aromatic carbocycles. The highest BCUT2D eigenvalue weighted by molar-refractivity contribution is 6.69. The lowest BCUT2D eigenvalue weighted by Gasteiger charge is -2.49. The molecule has 0 aromatic heterocycles. The van der Waals surface area contributed by atoms with Gasteiger partial charge in [0, 0.05) is 37.3 Å². The Balaban J connectivity index is 5.26. The fourth-order valence-electron chi connectivity index (χ4n) is 3.03. The predicted molar refractivity (Wildman–Crippen MR) is 122 cm³/mol. The minimum absolute atomic E-state index is 0.0147. The van der Waals surface area contributed by atoms with Crippen LogP contribution in [0.5, 0.6) is 0 Å². The van der Waals surface area contributed by atoms with Crippen molar-refractivity contribution in [3.05, 3.63) is 0 Å². The third kappa shape index (κ3) is 10.5. The van der Waals surface area contributed by atoms with E-state index in [1.54, 1.807) is 6.92 Å². The van der Waals surface area contributed by atoms with E-state index in [1.807, 2.05) is 13.1 Å². The normalized spacial score (nSPS) is 18.4. The van der Waals surface area contributed by atoms with Gasteiger partial charge in [-0.1, -0.05) is 31.6 Å². The summed E-state index contributed by atoms with van der Waals surface area (Å²) in [5.41, 5.74) is -1.14. The van der Waals surface area contributed by atoms with Gasteiger partial charge in [0.15, 0.2) is 12.6 Å². The average Bonchev–Trinajstić information content (AvgIpc) is 2.68. The number of halogens is 4. The summed E-state index contributed by atoms with van der Waals surface area (Å²) in [6, 6.07) is 0. The van der Waals surface area contributed by atoms with Crippen LogP contribution in [0.2, 0.25) is 13.1 Å². The molecule has 0 rings (SSSR count). The van der Waals surface area contributed by atoms with Gasteiger partial charge in [0.2, 0.25) is 0 Å². The molecule has 0 bridgehead atoms. The molecule has 176 valence electrons. The number of alkyl halides is 4. The fraction of sp³-hybridized carbons (Fsp3) is 1.00. The zero-order valence-corrected chi connectivity index (χ0v) is 21.7. The van der Waals surface area contributed by atoms with Crippen LogP contribution in [-0.2, 0) is 18.9 Å². The van der Waals surface area contributed by atoms with Crippen molar-refractivity contribution in [1.82, 2.24) is 0 Å². The van der Waals surface area contributed by atoms with E-state index in [4.69, 9.17) is 65.4 Å². The lowest BCUT2D eigenvalue weighted by atomic mass is 9.85. The summed E-state index contributed by atoms with van der Waals surface area (Å²) < 4.78 is 21.1. The van der Waals surface area contributed by atoms with Crippen LogP contribution in [0.4, 0.5) is 0 Å². The molecule has 0 aromatic rings. The molecule has 0 fully saturated rings. The first-order valence-electron chi connectivity index (χ1n) is 9.87. The van der Waals surface area contributed by atoms with Gasteiger partial charge in [0.05, 0.1) is 34.0 Å². The van der Waals surface area contributed by atoms with E-state index in [0.29, 0.717) is 25.7 Å². The van der Waals surface area contributed by atoms with E-state index in [9.17, 15) is 10.2 Å². The molecule has 4 atom stereocenters. The zero-order valence-electron chi connectivity index (χ0n) is 17.5. The van der Waals surface area contributed by atoms with Gasteiger partial charge in [-0.25, -0.2) is 0 Å². The Bertz CT molecular complexity index is 413. The molecule has 0 aliphatic rings. The summed E-state index contributed by atoms with van der Waals surface area (Å²) >= 11 is 23.9. The van der Waals surface area contributed by atoms with Gasteiger partial charge in [0.25, 0.3) is 0 Å². The first kappa shape index (κ1) is 30.1. The molecule has 0 amide bonds. The Hall–Kier alpha value is 1.14. The van der Waals surface area contributed by atoms with E-state index in [0.717, 1.165) is 12.8 Å². The predicted octanol–water partition coefficient (Wildman–Crippen LogP) is 3.54. The summed E-state index contributed by atoms with van der Waals surface area (Å²) in [6.45, 7) is 7.59. The van der Waals surface area contributed by atoms with Crippen molar-refractivity contribution in [3.8, 4) is 0 Å². The molecule has 0 heterocycles. The van der Waals surface area contributed by atoms with E-state index >= 15 is 0 Å². The second-order valence-electron chi connectivity index (χ2n) is 7.20. The highest BCUT2D eigenvalue weighted by atomic mass is 35.5. The highest BCUT2D eigenvalue weighted by Crippen LogP contribution is 2.47. The van der Waals surface area contributed by atoms with Crippen LogP contribution in [0.3, 0.4) is 0 Å². The van der Waals surface area contributed by atoms with Crippen molar-refractivity contribution in [2.45, 2.75) is 56.5 Å². The van der Waals surface area contributed by atoms with Crippen LogP contribution in [-0.4, -0.2) is 86.9 Å². The van der Waals surface area contributed by atoms with Crippen molar-refractivity contribution in [2.75, 3.05) is 50.7 Å². The maximum absolute atomic E-state index is 10.8. The van der Waals surface area contributed by atoms with Crippen molar-refractivity contribution in [3.63, 3.8) is 0 Å². The van der Waals surface area contributed by atoms with Crippen molar-refractivity contribution in [2.24, 2.45) is 5.41 Å². The van der Waals surface area contributed by atoms with E-state index in [1.165, 1.54) is 0 Å². The molecule has 0 radical (unpaired) electrons. The first-order chi connectivity index (χ1) is 13.7. The van der Waals surface area contributed by atoms with Gasteiger partial charge >= 0.3 is 0 Å². The van der Waals surface area contributed by atoms with E-state index < -0.39 is 31.5 Å². The largest absolute Gasteiger partial charge is 0.380 e. The number of aliphatic hydroxyl groups is 2. The number of unbranched alkanes of at least 4 members (excludes halogenated alkanes) is 1. The third-order valence-corrected chi connectivity index (χ3v) is 9.25. The van der Waals surface area contributed by atoms with Gasteiger partial charge < -0.3 is 29.2 Å². The standard InChI is InChI=1S/C18H36Cl4O6Si/c1-17(16(24)27-13-8-21,14-15(23)26-12-7-20)18(22,29(2)3)28-10-5-4-9-25-11-6-19/h15-16,23-24,29H,4-14H2,1-3H3. The number of hydrogen-bond acceptors (Lipinski definition) is 6. The molecular weight excluding hydrogens is 482 g/mol. The van der Waals surface area contributed by atoms with Gasteiger partial charge in [-0.05, 0) is 12.8 Å². The molecule has 11 heteroatoms. The quantitative estimate of drug-likeness (QED) is 0.118. The van der Waals surface area contributed by atoms with Crippen LogP contribution in [0.1, 0.15) is 26.2 Å². The maximum Gasteiger partial charge on any atom is 0.163 e. The second-order valence-corrected chi connectivity index (χ2v) is 12.4. The Labute approximate surface area is 196 Å². The molecule has 6 nitrogen and oxygen atoms in total. The van der Waals surface area contributed by atoms with Crippen LogP contribution in [0.15, 0.2) is 0 Å². The van der Waals surface area contributed by atoms with Crippen molar-refractivity contribution in [1.29, 1.82) is 0 Å². The van der Waals surface area contributed by atoms with Crippen LogP contribution >= 0.6 is 46.4 Å². The highest BCUT2D eigenvalue weighted by Gasteiger charge is 2.56. The number of rotatable bonds is 19. The number of aliphatic hydroxyl groups excluding tert-OH is 2. The van der Waals surface area contributed by atoms with Gasteiger partial charge in [-0.2, -0.15) is 0 Å². The topological polar surface area (TPSA) is 77.4 Å². The van der Waals surface area contributed by atoms with E-state index in [2.05, 4.69) is 0 Å². The average molecular weight is 518 g/mol. The number of hydrogen-bond donors (Lipinski definition) is 2. The summed E-state index contributed by atoms with van der Waals surface area (Å²) in [5, 5.41) is 21.1. The fourth-order valence-corrected chi connectivity index (χ4v) is 5.59. The summed E-state index contributed by atoms with van der Waals surface area (Å²) in [5.74, 6) is 0.926.